The molecule has 0 radical (unpaired) electrons. The lowest BCUT2D eigenvalue weighted by molar-refractivity contribution is -0.147. The number of furan rings is 1. The minimum absolute atomic E-state index is 0.141. The maximum absolute atomic E-state index is 12.4. The van der Waals surface area contributed by atoms with Crippen molar-refractivity contribution in [3.05, 3.63) is 136 Å². The van der Waals surface area contributed by atoms with Crippen LogP contribution >= 0.6 is 0 Å². The van der Waals surface area contributed by atoms with Crippen LogP contribution < -0.4 is 5.56 Å². The van der Waals surface area contributed by atoms with Gasteiger partial charge in [-0.25, -0.2) is 4.98 Å². The third-order valence-corrected chi connectivity index (χ3v) is 7.46. The quantitative estimate of drug-likeness (QED) is 0.223. The van der Waals surface area contributed by atoms with E-state index in [0.717, 1.165) is 16.7 Å². The molecule has 4 atom stereocenters. The van der Waals surface area contributed by atoms with Crippen LogP contribution in [0, 0.1) is 0 Å². The highest BCUT2D eigenvalue weighted by atomic mass is 16.6. The highest BCUT2D eigenvalue weighted by molar-refractivity contribution is 5.75. The lowest BCUT2D eigenvalue weighted by Gasteiger charge is -2.35. The summed E-state index contributed by atoms with van der Waals surface area (Å²) in [6, 6.07) is 30.0. The summed E-state index contributed by atoms with van der Waals surface area (Å²) in [5.41, 5.74) is 2.98. The Bertz CT molecular complexity index is 1600. The molecule has 3 aromatic carbocycles. The van der Waals surface area contributed by atoms with Crippen molar-refractivity contribution >= 4 is 11.1 Å². The number of aromatic nitrogens is 2. The third-order valence-electron chi connectivity index (χ3n) is 7.46. The Morgan fingerprint density at radius 2 is 1.46 bits per heavy atom. The van der Waals surface area contributed by atoms with Crippen LogP contribution in [0.5, 0.6) is 0 Å². The molecule has 1 saturated heterocycles. The van der Waals surface area contributed by atoms with E-state index in [4.69, 9.17) is 23.4 Å². The van der Waals surface area contributed by atoms with Gasteiger partial charge < -0.3 is 28.3 Å². The third kappa shape index (κ3) is 5.87. The van der Waals surface area contributed by atoms with Crippen LogP contribution in [0.25, 0.3) is 11.1 Å². The molecule has 0 spiro atoms. The molecule has 0 unspecified atom stereocenters. The molecule has 6 rings (SSSR count). The van der Waals surface area contributed by atoms with Gasteiger partial charge in [0.1, 0.15) is 29.4 Å². The Labute approximate surface area is 237 Å². The van der Waals surface area contributed by atoms with Crippen LogP contribution in [0.15, 0.2) is 113 Å². The zero-order valence-corrected chi connectivity index (χ0v) is 22.8. The number of benzene rings is 3. The lowest BCUT2D eigenvalue weighted by Crippen LogP contribution is -2.47. The molecule has 8 heteroatoms. The molecule has 0 amide bonds. The van der Waals surface area contributed by atoms with Crippen LogP contribution in [0.4, 0.5) is 0 Å². The summed E-state index contributed by atoms with van der Waals surface area (Å²) in [5, 5.41) is 0. The van der Waals surface area contributed by atoms with Gasteiger partial charge >= 0.3 is 0 Å². The fourth-order valence-electron chi connectivity index (χ4n) is 5.35. The van der Waals surface area contributed by atoms with Crippen LogP contribution in [0.1, 0.15) is 35.3 Å². The molecule has 1 aliphatic heterocycles. The van der Waals surface area contributed by atoms with Gasteiger partial charge in [0.05, 0.1) is 39.0 Å². The molecule has 1 aliphatic rings. The van der Waals surface area contributed by atoms with Gasteiger partial charge in [0.25, 0.3) is 5.56 Å². The van der Waals surface area contributed by atoms with Crippen LogP contribution in [-0.4, -0.2) is 34.4 Å². The Kier molecular flexibility index (Phi) is 8.07. The number of aromatic amines is 1. The first-order valence-corrected chi connectivity index (χ1v) is 13.7. The summed E-state index contributed by atoms with van der Waals surface area (Å²) in [4.78, 5) is 19.4. The Morgan fingerprint density at radius 3 is 2.12 bits per heavy atom. The predicted molar refractivity (Wildman–Crippen MR) is 153 cm³/mol. The molecule has 0 aliphatic carbocycles. The van der Waals surface area contributed by atoms with E-state index in [2.05, 4.69) is 9.97 Å². The number of hydrogen-bond acceptors (Lipinski definition) is 7. The first-order valence-electron chi connectivity index (χ1n) is 13.7. The smallest absolute Gasteiger partial charge is 0.294 e. The molecule has 1 fully saturated rings. The van der Waals surface area contributed by atoms with Gasteiger partial charge in [-0.3, -0.25) is 4.79 Å². The minimum atomic E-state index is -0.980. The number of ether oxygens (including phenoxy) is 4. The van der Waals surface area contributed by atoms with E-state index < -0.39 is 23.9 Å². The van der Waals surface area contributed by atoms with E-state index in [1.165, 1.54) is 12.6 Å². The molecule has 0 bridgehead atoms. The second-order valence-corrected chi connectivity index (χ2v) is 10.3. The zero-order chi connectivity index (χ0) is 28.1. The first kappa shape index (κ1) is 27.1. The van der Waals surface area contributed by atoms with E-state index in [9.17, 15) is 4.79 Å². The average molecular weight is 553 g/mol. The van der Waals surface area contributed by atoms with Crippen LogP contribution in [0.3, 0.4) is 0 Å². The first-order chi connectivity index (χ1) is 20.1. The van der Waals surface area contributed by atoms with Crippen molar-refractivity contribution in [2.24, 2.45) is 0 Å². The average Bonchev–Trinajstić information content (AvgIpc) is 3.56. The summed E-state index contributed by atoms with van der Waals surface area (Å²) in [6.45, 7) is 3.40. The molecule has 210 valence electrons. The van der Waals surface area contributed by atoms with Crippen LogP contribution in [0.2, 0.25) is 0 Å². The Balaban J connectivity index is 1.34. The van der Waals surface area contributed by atoms with Crippen molar-refractivity contribution in [3.8, 4) is 0 Å². The van der Waals surface area contributed by atoms with Crippen molar-refractivity contribution in [2.75, 3.05) is 6.61 Å². The van der Waals surface area contributed by atoms with E-state index >= 15 is 0 Å². The Hall–Kier alpha value is -4.08. The van der Waals surface area contributed by atoms with Crippen molar-refractivity contribution in [3.63, 3.8) is 0 Å². The number of H-pyrrole nitrogens is 1. The van der Waals surface area contributed by atoms with Crippen molar-refractivity contribution in [2.45, 2.75) is 50.7 Å². The van der Waals surface area contributed by atoms with E-state index in [-0.39, 0.29) is 17.7 Å². The Morgan fingerprint density at radius 1 is 0.854 bits per heavy atom. The van der Waals surface area contributed by atoms with Gasteiger partial charge in [-0.1, -0.05) is 91.0 Å². The molecule has 1 N–H and O–H groups in total. The van der Waals surface area contributed by atoms with E-state index in [0.29, 0.717) is 30.9 Å². The molecular weight excluding hydrogens is 520 g/mol. The van der Waals surface area contributed by atoms with E-state index in [1.54, 1.807) is 0 Å². The molecule has 5 aromatic rings. The van der Waals surface area contributed by atoms with Gasteiger partial charge in [0.15, 0.2) is 0 Å². The monoisotopic (exact) mass is 552 g/mol. The largest absolute Gasteiger partial charge is 0.456 e. The van der Waals surface area contributed by atoms with Crippen molar-refractivity contribution < 1.29 is 23.4 Å². The van der Waals surface area contributed by atoms with Crippen LogP contribution in [-0.2, 0) is 38.8 Å². The number of fused-ring (bicyclic) bond motifs is 1. The topological polar surface area (TPSA) is 95.8 Å². The van der Waals surface area contributed by atoms with Gasteiger partial charge in [-0.15, -0.1) is 0 Å². The van der Waals surface area contributed by atoms with Gasteiger partial charge in [0, 0.05) is 5.56 Å². The molecule has 0 saturated carbocycles. The zero-order valence-electron chi connectivity index (χ0n) is 22.8. The van der Waals surface area contributed by atoms with Gasteiger partial charge in [-0.05, 0) is 23.6 Å². The lowest BCUT2D eigenvalue weighted by atomic mass is 9.88. The normalized spacial score (nSPS) is 22.3. The number of nitrogens with one attached hydrogen (secondary N) is 1. The number of nitrogens with zero attached hydrogens (tertiary/aromatic N) is 1. The number of rotatable bonds is 11. The highest BCUT2D eigenvalue weighted by Crippen LogP contribution is 2.48. The van der Waals surface area contributed by atoms with Gasteiger partial charge in [-0.2, -0.15) is 0 Å². The summed E-state index contributed by atoms with van der Waals surface area (Å²) >= 11 is 0. The standard InChI is InChI=1S/C33H32N2O6/c1-33(40-19-25-15-9-4-10-16-25)30(26-20-38-29-28(26)34-22-35-32(29)36)41-27(21-37-17-23-11-5-2-6-12-23)31(33)39-18-24-13-7-3-8-14-24/h2-16,20,22,27,30-31H,17-19,21H2,1H3,(H,34,35,36)/t27-,30+,31-,33+/m1/s1. The maximum atomic E-state index is 12.4. The summed E-state index contributed by atoms with van der Waals surface area (Å²) in [7, 11) is 0. The molecule has 3 heterocycles. The highest BCUT2D eigenvalue weighted by Gasteiger charge is 2.57. The summed E-state index contributed by atoms with van der Waals surface area (Å²) in [6.07, 6.45) is 1.26. The van der Waals surface area contributed by atoms with Gasteiger partial charge in [0.2, 0.25) is 5.58 Å². The SMILES string of the molecule is C[C@@]1(OCc2ccccc2)[C@H](OCc2ccccc2)[C@@H](COCc2ccccc2)O[C@H]1c1coc2c(=O)[nH]cnc12. The number of hydrogen-bond donors (Lipinski definition) is 1. The molecular formula is C33H32N2O6. The minimum Gasteiger partial charge on any atom is -0.456 e. The predicted octanol–water partition coefficient (Wildman–Crippen LogP) is 5.73. The second-order valence-electron chi connectivity index (χ2n) is 10.3. The second kappa shape index (κ2) is 12.2. The molecule has 2 aromatic heterocycles. The summed E-state index contributed by atoms with van der Waals surface area (Å²) in [5.74, 6) is 0. The fourth-order valence-corrected chi connectivity index (χ4v) is 5.35. The van der Waals surface area contributed by atoms with Crippen molar-refractivity contribution in [1.82, 2.24) is 9.97 Å². The molecule has 8 nitrogen and oxygen atoms in total. The summed E-state index contributed by atoms with van der Waals surface area (Å²) < 4.78 is 31.9. The maximum Gasteiger partial charge on any atom is 0.294 e. The fraction of sp³-hybridized carbons (Fsp3) is 0.273. The molecule has 41 heavy (non-hydrogen) atoms. The van der Waals surface area contributed by atoms with Crippen molar-refractivity contribution in [1.29, 1.82) is 0 Å². The van der Waals surface area contributed by atoms with E-state index in [1.807, 2.05) is 97.9 Å².